The van der Waals surface area contributed by atoms with Gasteiger partial charge in [-0.1, -0.05) is 12.1 Å². The van der Waals surface area contributed by atoms with Crippen LogP contribution in [-0.2, 0) is 14.6 Å². The van der Waals surface area contributed by atoms with E-state index in [1.807, 2.05) is 0 Å². The number of sulfone groups is 1. The molecule has 8 heteroatoms. The number of ether oxygens (including phenoxy) is 1. The first kappa shape index (κ1) is 17.9. The summed E-state index contributed by atoms with van der Waals surface area (Å²) in [6.07, 6.45) is 1.14. The van der Waals surface area contributed by atoms with Crippen LogP contribution in [0.5, 0.6) is 5.75 Å². The molecular weight excluding hydrogens is 356 g/mol. The second kappa shape index (κ2) is 6.80. The highest BCUT2D eigenvalue weighted by molar-refractivity contribution is 7.90. The van der Waals surface area contributed by atoms with Gasteiger partial charge in [-0.05, 0) is 42.8 Å². The van der Waals surface area contributed by atoms with Crippen LogP contribution in [0.4, 0.5) is 5.69 Å². The van der Waals surface area contributed by atoms with Crippen molar-refractivity contribution in [2.45, 2.75) is 17.9 Å². The average molecular weight is 374 g/mol. The van der Waals surface area contributed by atoms with Gasteiger partial charge in [-0.15, -0.1) is 0 Å². The van der Waals surface area contributed by atoms with Crippen molar-refractivity contribution in [1.29, 1.82) is 0 Å². The second-order valence-electron chi connectivity index (χ2n) is 6.08. The summed E-state index contributed by atoms with van der Waals surface area (Å²) in [5, 5.41) is 5.51. The maximum absolute atomic E-state index is 12.5. The summed E-state index contributed by atoms with van der Waals surface area (Å²) in [5.41, 5.74) is 1.62. The van der Waals surface area contributed by atoms with Crippen LogP contribution in [0, 0.1) is 0 Å². The lowest BCUT2D eigenvalue weighted by Crippen LogP contribution is -2.28. The van der Waals surface area contributed by atoms with Gasteiger partial charge in [0, 0.05) is 11.8 Å². The van der Waals surface area contributed by atoms with E-state index < -0.39 is 9.84 Å². The van der Waals surface area contributed by atoms with E-state index in [-0.39, 0.29) is 29.4 Å². The lowest BCUT2D eigenvalue weighted by atomic mass is 10.1. The molecular formula is C18H18N2O5S. The van der Waals surface area contributed by atoms with Crippen LogP contribution in [0.2, 0.25) is 0 Å². The molecule has 1 aliphatic heterocycles. The maximum Gasteiger partial charge on any atom is 0.262 e. The number of amides is 2. The van der Waals surface area contributed by atoms with Gasteiger partial charge in [-0.3, -0.25) is 9.59 Å². The van der Waals surface area contributed by atoms with Crippen LogP contribution in [0.3, 0.4) is 0 Å². The maximum atomic E-state index is 12.5. The van der Waals surface area contributed by atoms with E-state index in [0.29, 0.717) is 17.0 Å². The van der Waals surface area contributed by atoms with Gasteiger partial charge in [0.15, 0.2) is 16.4 Å². The minimum absolute atomic E-state index is 0.0426. The van der Waals surface area contributed by atoms with E-state index in [4.69, 9.17) is 4.74 Å². The molecule has 0 unspecified atom stereocenters. The molecule has 0 spiro atoms. The minimum Gasteiger partial charge on any atom is -0.482 e. The summed E-state index contributed by atoms with van der Waals surface area (Å²) >= 11 is 0. The van der Waals surface area contributed by atoms with E-state index in [1.54, 1.807) is 37.3 Å². The molecule has 136 valence electrons. The molecule has 3 rings (SSSR count). The molecule has 0 bridgehead atoms. The molecule has 2 amide bonds. The van der Waals surface area contributed by atoms with E-state index in [9.17, 15) is 18.0 Å². The molecule has 0 aromatic heterocycles. The second-order valence-corrected chi connectivity index (χ2v) is 8.10. The van der Waals surface area contributed by atoms with Crippen molar-refractivity contribution < 1.29 is 22.7 Å². The molecule has 0 aliphatic carbocycles. The Hall–Kier alpha value is -2.87. The summed E-state index contributed by atoms with van der Waals surface area (Å²) in [6, 6.07) is 10.8. The summed E-state index contributed by atoms with van der Waals surface area (Å²) in [5.74, 6) is -0.0627. The predicted octanol–water partition coefficient (Wildman–Crippen LogP) is 1.91. The minimum atomic E-state index is -3.26. The van der Waals surface area contributed by atoms with E-state index in [2.05, 4.69) is 10.6 Å². The standard InChI is InChI=1S/C18H18N2O5S/c1-11(12-3-6-14(7-4-12)26(2,23)24)19-18(22)13-5-8-16-15(9-13)20-17(21)10-25-16/h3-9,11H,10H2,1-2H3,(H,19,22)(H,20,21)/t11-/m0/s1. The molecule has 1 aliphatic rings. The van der Waals surface area contributed by atoms with Crippen LogP contribution in [0.15, 0.2) is 47.4 Å². The molecule has 2 N–H and O–H groups in total. The smallest absolute Gasteiger partial charge is 0.262 e. The third kappa shape index (κ3) is 3.85. The molecule has 0 radical (unpaired) electrons. The van der Waals surface area contributed by atoms with Crippen molar-refractivity contribution in [3.8, 4) is 5.75 Å². The highest BCUT2D eigenvalue weighted by Gasteiger charge is 2.19. The van der Waals surface area contributed by atoms with Crippen molar-refractivity contribution in [2.24, 2.45) is 0 Å². The van der Waals surface area contributed by atoms with Crippen molar-refractivity contribution in [3.05, 3.63) is 53.6 Å². The molecule has 1 heterocycles. The van der Waals surface area contributed by atoms with Crippen molar-refractivity contribution in [3.63, 3.8) is 0 Å². The van der Waals surface area contributed by atoms with Gasteiger partial charge in [0.25, 0.3) is 11.8 Å². The Morgan fingerprint density at radius 2 is 1.88 bits per heavy atom. The fraction of sp³-hybridized carbons (Fsp3) is 0.222. The molecule has 1 atom stereocenters. The Balaban J connectivity index is 1.73. The number of anilines is 1. The van der Waals surface area contributed by atoms with Gasteiger partial charge in [0.2, 0.25) is 0 Å². The summed E-state index contributed by atoms with van der Waals surface area (Å²) in [7, 11) is -3.26. The zero-order chi connectivity index (χ0) is 18.9. The molecule has 0 saturated carbocycles. The van der Waals surface area contributed by atoms with Crippen LogP contribution in [-0.4, -0.2) is 33.1 Å². The van der Waals surface area contributed by atoms with Gasteiger partial charge >= 0.3 is 0 Å². The summed E-state index contributed by atoms with van der Waals surface area (Å²) in [4.78, 5) is 24.1. The Kier molecular flexibility index (Phi) is 4.69. The number of fused-ring (bicyclic) bond motifs is 1. The number of hydrogen-bond acceptors (Lipinski definition) is 5. The van der Waals surface area contributed by atoms with E-state index in [0.717, 1.165) is 11.8 Å². The topological polar surface area (TPSA) is 102 Å². The Labute approximate surface area is 151 Å². The number of nitrogens with one attached hydrogen (secondary N) is 2. The van der Waals surface area contributed by atoms with Gasteiger partial charge in [0.05, 0.1) is 16.6 Å². The Bertz CT molecular complexity index is 968. The van der Waals surface area contributed by atoms with Crippen molar-refractivity contribution in [2.75, 3.05) is 18.2 Å². The predicted molar refractivity (Wildman–Crippen MR) is 96.0 cm³/mol. The Morgan fingerprint density at radius 3 is 2.54 bits per heavy atom. The Morgan fingerprint density at radius 1 is 1.19 bits per heavy atom. The third-order valence-corrected chi connectivity index (χ3v) is 5.16. The number of rotatable bonds is 4. The molecule has 2 aromatic carbocycles. The van der Waals surface area contributed by atoms with Gasteiger partial charge in [-0.2, -0.15) is 0 Å². The number of carbonyl (C=O) groups excluding carboxylic acids is 2. The fourth-order valence-corrected chi connectivity index (χ4v) is 3.22. The lowest BCUT2D eigenvalue weighted by molar-refractivity contribution is -0.118. The van der Waals surface area contributed by atoms with E-state index in [1.165, 1.54) is 12.1 Å². The number of benzene rings is 2. The first-order valence-corrected chi connectivity index (χ1v) is 9.81. The quantitative estimate of drug-likeness (QED) is 0.851. The van der Waals surface area contributed by atoms with Crippen LogP contribution in [0.25, 0.3) is 0 Å². The molecule has 0 fully saturated rings. The van der Waals surface area contributed by atoms with Crippen molar-refractivity contribution in [1.82, 2.24) is 5.32 Å². The van der Waals surface area contributed by atoms with Crippen molar-refractivity contribution >= 4 is 27.3 Å². The summed E-state index contributed by atoms with van der Waals surface area (Å²) in [6.45, 7) is 1.76. The molecule has 2 aromatic rings. The number of carbonyl (C=O) groups is 2. The first-order chi connectivity index (χ1) is 12.2. The van der Waals surface area contributed by atoms with Crippen LogP contribution < -0.4 is 15.4 Å². The number of hydrogen-bond donors (Lipinski definition) is 2. The van der Waals surface area contributed by atoms with Gasteiger partial charge in [0.1, 0.15) is 5.75 Å². The van der Waals surface area contributed by atoms with E-state index >= 15 is 0 Å². The SMILES string of the molecule is C[C@H](NC(=O)c1ccc2c(c1)NC(=O)CO2)c1ccc(S(C)(=O)=O)cc1. The van der Waals surface area contributed by atoms with Crippen LogP contribution >= 0.6 is 0 Å². The highest BCUT2D eigenvalue weighted by atomic mass is 32.2. The molecule has 7 nitrogen and oxygen atoms in total. The average Bonchev–Trinajstić information content (AvgIpc) is 2.60. The highest BCUT2D eigenvalue weighted by Crippen LogP contribution is 2.28. The first-order valence-electron chi connectivity index (χ1n) is 7.91. The third-order valence-electron chi connectivity index (χ3n) is 4.03. The normalized spacial score (nSPS) is 14.6. The van der Waals surface area contributed by atoms with Gasteiger partial charge in [-0.25, -0.2) is 8.42 Å². The van der Waals surface area contributed by atoms with Gasteiger partial charge < -0.3 is 15.4 Å². The largest absolute Gasteiger partial charge is 0.482 e. The summed E-state index contributed by atoms with van der Waals surface area (Å²) < 4.78 is 28.3. The van der Waals surface area contributed by atoms with Crippen LogP contribution in [0.1, 0.15) is 28.9 Å². The lowest BCUT2D eigenvalue weighted by Gasteiger charge is -2.19. The fourth-order valence-electron chi connectivity index (χ4n) is 2.59. The molecule has 0 saturated heterocycles. The molecule has 26 heavy (non-hydrogen) atoms. The zero-order valence-corrected chi connectivity index (χ0v) is 15.1. The monoisotopic (exact) mass is 374 g/mol. The zero-order valence-electron chi connectivity index (χ0n) is 14.3.